The number of nitrogens with zero attached hydrogens (tertiary/aromatic N) is 5. The Kier molecular flexibility index (Phi) is 9.70. The second-order valence-corrected chi connectivity index (χ2v) is 14.4. The molecule has 0 saturated carbocycles. The predicted molar refractivity (Wildman–Crippen MR) is 189 cm³/mol. The lowest BCUT2D eigenvalue weighted by Crippen LogP contribution is -2.60. The number of aromatic nitrogens is 1. The van der Waals surface area contributed by atoms with Gasteiger partial charge < -0.3 is 24.4 Å². The first-order chi connectivity index (χ1) is 22.9. The summed E-state index contributed by atoms with van der Waals surface area (Å²) in [5.74, 6) is 1.47. The zero-order chi connectivity index (χ0) is 32.2. The van der Waals surface area contributed by atoms with Gasteiger partial charge in [-0.3, -0.25) is 9.80 Å². The summed E-state index contributed by atoms with van der Waals surface area (Å²) in [6.45, 7) is 10.4. The number of rotatable bonds is 10. The minimum atomic E-state index is -0.821. The third-order valence-corrected chi connectivity index (χ3v) is 11.2. The van der Waals surface area contributed by atoms with E-state index in [1.807, 2.05) is 29.5 Å². The smallest absolute Gasteiger partial charge is 0.407 e. The van der Waals surface area contributed by atoms with E-state index in [2.05, 4.69) is 63.4 Å². The molecule has 3 aliphatic heterocycles. The SMILES string of the molecule is CC1(Oc2ccc3ccc(OCCCCN4CCN(c5cccc6sccc56)CC4)cc3n2)CCCCN1C1CCN(C(=O)O)CC1. The minimum absolute atomic E-state index is 0.313. The van der Waals surface area contributed by atoms with Crippen molar-refractivity contribution in [3.8, 4) is 11.6 Å². The van der Waals surface area contributed by atoms with Crippen LogP contribution in [0, 0.1) is 0 Å². The molecule has 3 fully saturated rings. The summed E-state index contributed by atoms with van der Waals surface area (Å²) < 4.78 is 14.2. The van der Waals surface area contributed by atoms with Gasteiger partial charge in [-0.25, -0.2) is 9.78 Å². The maximum Gasteiger partial charge on any atom is 0.407 e. The summed E-state index contributed by atoms with van der Waals surface area (Å²) in [7, 11) is 0. The topological polar surface area (TPSA) is 81.6 Å². The number of pyridine rings is 1. The molecule has 0 radical (unpaired) electrons. The molecule has 1 amide bonds. The third kappa shape index (κ3) is 7.29. The van der Waals surface area contributed by atoms with Crippen molar-refractivity contribution in [2.75, 3.05) is 63.9 Å². The maximum absolute atomic E-state index is 11.4. The van der Waals surface area contributed by atoms with E-state index in [-0.39, 0.29) is 0 Å². The molecule has 2 aromatic carbocycles. The molecular formula is C37H47N5O4S. The molecule has 2 aromatic heterocycles. The number of fused-ring (bicyclic) bond motifs is 2. The van der Waals surface area contributed by atoms with E-state index in [9.17, 15) is 9.90 Å². The summed E-state index contributed by atoms with van der Waals surface area (Å²) in [6, 6.07) is 19.4. The first-order valence-corrected chi connectivity index (χ1v) is 18.2. The van der Waals surface area contributed by atoms with Gasteiger partial charge in [0.05, 0.1) is 12.1 Å². The number of hydrogen-bond acceptors (Lipinski definition) is 8. The molecule has 5 heterocycles. The van der Waals surface area contributed by atoms with Gasteiger partial charge in [0.2, 0.25) is 5.88 Å². The molecule has 4 aromatic rings. The molecule has 0 aliphatic carbocycles. The van der Waals surface area contributed by atoms with Crippen molar-refractivity contribution in [3.63, 3.8) is 0 Å². The van der Waals surface area contributed by atoms with Crippen molar-refractivity contribution in [1.29, 1.82) is 0 Å². The number of hydrogen-bond donors (Lipinski definition) is 1. The molecule has 1 unspecified atom stereocenters. The maximum atomic E-state index is 11.4. The summed E-state index contributed by atoms with van der Waals surface area (Å²) in [4.78, 5) is 25.4. The van der Waals surface area contributed by atoms with Gasteiger partial charge in [-0.1, -0.05) is 6.07 Å². The van der Waals surface area contributed by atoms with Gasteiger partial charge >= 0.3 is 6.09 Å². The predicted octanol–water partition coefficient (Wildman–Crippen LogP) is 7.15. The minimum Gasteiger partial charge on any atom is -0.494 e. The second kappa shape index (κ2) is 14.3. The monoisotopic (exact) mass is 657 g/mol. The van der Waals surface area contributed by atoms with E-state index < -0.39 is 11.8 Å². The fraction of sp³-hybridized carbons (Fsp3) is 0.514. The number of carboxylic acid groups (broad SMARTS) is 1. The fourth-order valence-electron chi connectivity index (χ4n) is 7.71. The number of piperidine rings is 2. The van der Waals surface area contributed by atoms with Crippen molar-refractivity contribution >= 4 is 44.1 Å². The van der Waals surface area contributed by atoms with Crippen LogP contribution in [0.1, 0.15) is 51.9 Å². The van der Waals surface area contributed by atoms with E-state index in [1.54, 1.807) is 0 Å². The summed E-state index contributed by atoms with van der Waals surface area (Å²) >= 11 is 1.82. The number of unbranched alkanes of at least 4 members (excludes halogenated alkanes) is 1. The molecule has 10 heteroatoms. The Labute approximate surface area is 281 Å². The van der Waals surface area contributed by atoms with Gasteiger partial charge in [0.15, 0.2) is 5.72 Å². The highest BCUT2D eigenvalue weighted by Crippen LogP contribution is 2.36. The Hall–Kier alpha value is -3.60. The lowest BCUT2D eigenvalue weighted by Gasteiger charge is -2.49. The molecule has 0 bridgehead atoms. The summed E-state index contributed by atoms with van der Waals surface area (Å²) in [5.41, 5.74) is 1.78. The Morgan fingerprint density at radius 3 is 2.64 bits per heavy atom. The van der Waals surface area contributed by atoms with Gasteiger partial charge in [0.1, 0.15) is 5.75 Å². The average Bonchev–Trinajstić information content (AvgIpc) is 3.58. The van der Waals surface area contributed by atoms with E-state index in [1.165, 1.54) is 20.7 Å². The van der Waals surface area contributed by atoms with Crippen LogP contribution in [0.5, 0.6) is 11.6 Å². The number of thiophene rings is 1. The van der Waals surface area contributed by atoms with Crippen LogP contribution in [0.3, 0.4) is 0 Å². The number of benzene rings is 2. The lowest BCUT2D eigenvalue weighted by molar-refractivity contribution is -0.127. The fourth-order valence-corrected chi connectivity index (χ4v) is 8.51. The Morgan fingerprint density at radius 1 is 0.979 bits per heavy atom. The quantitative estimate of drug-likeness (QED) is 0.180. The van der Waals surface area contributed by atoms with E-state index in [0.717, 1.165) is 101 Å². The van der Waals surface area contributed by atoms with Crippen molar-refractivity contribution in [2.45, 2.75) is 63.6 Å². The van der Waals surface area contributed by atoms with Crippen molar-refractivity contribution in [2.24, 2.45) is 0 Å². The van der Waals surface area contributed by atoms with Crippen molar-refractivity contribution < 1.29 is 19.4 Å². The molecule has 250 valence electrons. The molecular weight excluding hydrogens is 611 g/mol. The van der Waals surface area contributed by atoms with Crippen LogP contribution in [0.2, 0.25) is 0 Å². The van der Waals surface area contributed by atoms with Crippen LogP contribution in [0.25, 0.3) is 21.0 Å². The van der Waals surface area contributed by atoms with E-state index >= 15 is 0 Å². The summed E-state index contributed by atoms with van der Waals surface area (Å²) in [6.07, 6.45) is 6.15. The normalized spacial score (nSPS) is 21.8. The molecule has 1 atom stereocenters. The van der Waals surface area contributed by atoms with Crippen LogP contribution in [-0.2, 0) is 0 Å². The molecule has 1 N–H and O–H groups in total. The Morgan fingerprint density at radius 2 is 1.81 bits per heavy atom. The highest BCUT2D eigenvalue weighted by atomic mass is 32.1. The number of anilines is 1. The van der Waals surface area contributed by atoms with Gasteiger partial charge in [0.25, 0.3) is 0 Å². The second-order valence-electron chi connectivity index (χ2n) is 13.4. The Bertz CT molecular complexity index is 1670. The zero-order valence-corrected chi connectivity index (χ0v) is 28.3. The number of ether oxygens (including phenoxy) is 2. The molecule has 3 saturated heterocycles. The van der Waals surface area contributed by atoms with Crippen LogP contribution in [0.4, 0.5) is 10.5 Å². The number of likely N-dealkylation sites (tertiary alicyclic amines) is 2. The van der Waals surface area contributed by atoms with Crippen LogP contribution < -0.4 is 14.4 Å². The van der Waals surface area contributed by atoms with Crippen LogP contribution in [-0.4, -0.2) is 102 Å². The Balaban J connectivity index is 0.886. The van der Waals surface area contributed by atoms with Gasteiger partial charge in [-0.05, 0) is 93.8 Å². The van der Waals surface area contributed by atoms with Crippen LogP contribution >= 0.6 is 11.3 Å². The molecule has 7 rings (SSSR count). The summed E-state index contributed by atoms with van der Waals surface area (Å²) in [5, 5.41) is 14.0. The third-order valence-electron chi connectivity index (χ3n) is 10.4. The van der Waals surface area contributed by atoms with Gasteiger partial charge in [-0.2, -0.15) is 0 Å². The molecule has 0 spiro atoms. The lowest BCUT2D eigenvalue weighted by atomic mass is 9.93. The van der Waals surface area contributed by atoms with Gasteiger partial charge in [0, 0.05) is 91.6 Å². The number of piperazine rings is 1. The average molecular weight is 658 g/mol. The first-order valence-electron chi connectivity index (χ1n) is 17.4. The standard InChI is InChI=1S/C37H47N5O4S/c1-37(16-2-3-18-42(37)29-13-19-41(20-14-29)36(43)44)46-35-12-10-28-9-11-30(27-32(28)38-35)45-25-5-4-17-39-21-23-40(24-22-39)33-7-6-8-34-31(33)15-26-47-34/h6-12,15,26-27,29H,2-5,13-14,16-25H2,1H3,(H,43,44). The molecule has 9 nitrogen and oxygen atoms in total. The molecule has 3 aliphatic rings. The highest BCUT2D eigenvalue weighted by molar-refractivity contribution is 7.17. The van der Waals surface area contributed by atoms with E-state index in [0.29, 0.717) is 31.6 Å². The van der Waals surface area contributed by atoms with Gasteiger partial charge in [-0.15, -0.1) is 11.3 Å². The largest absolute Gasteiger partial charge is 0.494 e. The first kappa shape index (κ1) is 32.0. The molecule has 47 heavy (non-hydrogen) atoms. The van der Waals surface area contributed by atoms with Crippen molar-refractivity contribution in [1.82, 2.24) is 19.7 Å². The van der Waals surface area contributed by atoms with E-state index in [4.69, 9.17) is 14.5 Å². The number of carbonyl (C=O) groups is 1. The van der Waals surface area contributed by atoms with Crippen molar-refractivity contribution in [3.05, 3.63) is 60.0 Å². The number of amides is 1. The highest BCUT2D eigenvalue weighted by Gasteiger charge is 2.42. The zero-order valence-electron chi connectivity index (χ0n) is 27.5. The van der Waals surface area contributed by atoms with Crippen LogP contribution in [0.15, 0.2) is 60.0 Å².